The van der Waals surface area contributed by atoms with Crippen LogP contribution in [-0.4, -0.2) is 43.5 Å². The Morgan fingerprint density at radius 1 is 1.14 bits per heavy atom. The Bertz CT molecular complexity index is 1040. The van der Waals surface area contributed by atoms with E-state index in [0.29, 0.717) is 5.56 Å². The van der Waals surface area contributed by atoms with Crippen LogP contribution in [0, 0.1) is 11.8 Å². The molecule has 2 unspecified atom stereocenters. The quantitative estimate of drug-likeness (QED) is 0.221. The minimum absolute atomic E-state index is 0.00576. The van der Waals surface area contributed by atoms with Crippen LogP contribution in [0.1, 0.15) is 24.0 Å². The summed E-state index contributed by atoms with van der Waals surface area (Å²) in [5, 5.41) is 42.4. The van der Waals surface area contributed by atoms with E-state index in [-0.39, 0.29) is 41.8 Å². The highest BCUT2D eigenvalue weighted by atomic mass is 16.3. The van der Waals surface area contributed by atoms with Gasteiger partial charge >= 0.3 is 0 Å². The van der Waals surface area contributed by atoms with E-state index in [1.54, 1.807) is 6.07 Å². The van der Waals surface area contributed by atoms with Gasteiger partial charge in [-0.25, -0.2) is 0 Å². The number of nitrogens with two attached hydrogens (primary N) is 2. The van der Waals surface area contributed by atoms with Gasteiger partial charge in [-0.3, -0.25) is 14.4 Å². The Morgan fingerprint density at radius 3 is 2.46 bits per heavy atom. The van der Waals surface area contributed by atoms with Crippen LogP contribution in [0.25, 0.3) is 5.76 Å². The van der Waals surface area contributed by atoms with Crippen molar-refractivity contribution in [3.63, 3.8) is 0 Å². The molecule has 1 fully saturated rings. The number of aliphatic hydroxyl groups excluding tert-OH is 2. The van der Waals surface area contributed by atoms with Gasteiger partial charge in [-0.05, 0) is 30.4 Å². The van der Waals surface area contributed by atoms with Crippen LogP contribution in [0.5, 0.6) is 5.75 Å². The van der Waals surface area contributed by atoms with E-state index in [2.05, 4.69) is 0 Å². The van der Waals surface area contributed by atoms with Gasteiger partial charge in [0.05, 0.1) is 11.3 Å². The normalized spacial score (nSPS) is 29.3. The van der Waals surface area contributed by atoms with Crippen molar-refractivity contribution in [2.24, 2.45) is 17.6 Å². The standard InChI is InChI=1S/C19H18N2O7/c20-9-2-1-6-3-7-4-8-5-10(22)13(18(21)27)17(26)19(8,28)16(25)12(7)15(24)11(6)14(9)23/h1-2,7-8,23-24,26,28H,3-5,20H2,(H2,21,27)/t7?,8?,19-/m0/s1. The summed E-state index contributed by atoms with van der Waals surface area (Å²) >= 11 is 0. The Balaban J connectivity index is 1.94. The van der Waals surface area contributed by atoms with Gasteiger partial charge in [-0.15, -0.1) is 0 Å². The number of anilines is 1. The molecule has 3 atom stereocenters. The number of aliphatic hydroxyl groups is 3. The summed E-state index contributed by atoms with van der Waals surface area (Å²) in [6.45, 7) is 0. The Hall–Kier alpha value is -3.33. The SMILES string of the molecule is NC(=O)C1=C(O)[C@@]2(O)C(=O)C3=C(O)c4c(ccc(N)c4O)CC3CC2CC1=O. The van der Waals surface area contributed by atoms with Gasteiger partial charge in [0.15, 0.2) is 11.4 Å². The second-order valence-electron chi connectivity index (χ2n) is 7.44. The number of primary amides is 1. The molecule has 4 rings (SSSR count). The predicted molar refractivity (Wildman–Crippen MR) is 95.8 cm³/mol. The smallest absolute Gasteiger partial charge is 0.255 e. The van der Waals surface area contributed by atoms with Crippen LogP contribution in [0.2, 0.25) is 0 Å². The molecular formula is C19H18N2O7. The molecule has 3 aliphatic rings. The van der Waals surface area contributed by atoms with E-state index < -0.39 is 52.0 Å². The van der Waals surface area contributed by atoms with Gasteiger partial charge in [-0.1, -0.05) is 6.07 Å². The number of aromatic hydroxyl groups is 1. The second kappa shape index (κ2) is 5.59. The minimum Gasteiger partial charge on any atom is -0.508 e. The molecule has 0 aliphatic heterocycles. The van der Waals surface area contributed by atoms with Crippen molar-refractivity contribution >= 4 is 28.9 Å². The van der Waals surface area contributed by atoms with Crippen molar-refractivity contribution in [3.8, 4) is 5.75 Å². The molecule has 0 saturated heterocycles. The number of benzene rings is 1. The Morgan fingerprint density at radius 2 is 1.82 bits per heavy atom. The molecule has 8 N–H and O–H groups in total. The van der Waals surface area contributed by atoms with Crippen LogP contribution < -0.4 is 11.5 Å². The number of Topliss-reactive ketones (excluding diaryl/α,β-unsaturated/α-hetero) is 2. The lowest BCUT2D eigenvalue weighted by molar-refractivity contribution is -0.147. The third-order valence-electron chi connectivity index (χ3n) is 5.97. The van der Waals surface area contributed by atoms with Crippen LogP contribution in [-0.2, 0) is 20.8 Å². The van der Waals surface area contributed by atoms with Gasteiger partial charge in [-0.2, -0.15) is 0 Å². The van der Waals surface area contributed by atoms with Gasteiger partial charge < -0.3 is 31.9 Å². The predicted octanol–water partition coefficient (Wildman–Crippen LogP) is 0.00610. The first-order valence-corrected chi connectivity index (χ1v) is 8.66. The molecule has 1 aromatic rings. The molecule has 146 valence electrons. The molecule has 28 heavy (non-hydrogen) atoms. The largest absolute Gasteiger partial charge is 0.508 e. The van der Waals surface area contributed by atoms with E-state index in [1.165, 1.54) is 6.07 Å². The van der Waals surface area contributed by atoms with Crippen LogP contribution in [0.3, 0.4) is 0 Å². The Kier molecular flexibility index (Phi) is 3.60. The second-order valence-corrected chi connectivity index (χ2v) is 7.44. The molecule has 0 spiro atoms. The summed E-state index contributed by atoms with van der Waals surface area (Å²) in [4.78, 5) is 36.9. The lowest BCUT2D eigenvalue weighted by Gasteiger charge is -2.46. The number of phenols is 1. The zero-order valence-electron chi connectivity index (χ0n) is 14.6. The summed E-state index contributed by atoms with van der Waals surface area (Å²) in [5.74, 6) is -6.55. The van der Waals surface area contributed by atoms with Crippen molar-refractivity contribution in [3.05, 3.63) is 40.2 Å². The topological polar surface area (TPSA) is 184 Å². The molecule has 1 amide bonds. The van der Waals surface area contributed by atoms with E-state index >= 15 is 0 Å². The molecule has 1 aromatic carbocycles. The first-order chi connectivity index (χ1) is 13.1. The number of fused-ring (bicyclic) bond motifs is 3. The maximum Gasteiger partial charge on any atom is 0.255 e. The zero-order chi connectivity index (χ0) is 20.5. The summed E-state index contributed by atoms with van der Waals surface area (Å²) in [6.07, 6.45) is 0.0330. The molecule has 9 nitrogen and oxygen atoms in total. The average molecular weight is 386 g/mol. The lowest BCUT2D eigenvalue weighted by Crippen LogP contribution is -2.58. The molecule has 0 aromatic heterocycles. The number of hydrogen-bond donors (Lipinski definition) is 6. The monoisotopic (exact) mass is 386 g/mol. The van der Waals surface area contributed by atoms with Crippen molar-refractivity contribution in [1.29, 1.82) is 0 Å². The van der Waals surface area contributed by atoms with E-state index in [1.807, 2.05) is 0 Å². The highest BCUT2D eigenvalue weighted by Gasteiger charge is 2.60. The minimum atomic E-state index is -2.55. The summed E-state index contributed by atoms with van der Waals surface area (Å²) in [6, 6.07) is 3.10. The summed E-state index contributed by atoms with van der Waals surface area (Å²) in [7, 11) is 0. The third-order valence-corrected chi connectivity index (χ3v) is 5.97. The summed E-state index contributed by atoms with van der Waals surface area (Å²) in [5.41, 5.74) is 7.82. The first-order valence-electron chi connectivity index (χ1n) is 8.66. The zero-order valence-corrected chi connectivity index (χ0v) is 14.6. The van der Waals surface area contributed by atoms with Crippen molar-refractivity contribution in [2.75, 3.05) is 5.73 Å². The van der Waals surface area contributed by atoms with Crippen LogP contribution in [0.4, 0.5) is 5.69 Å². The van der Waals surface area contributed by atoms with E-state index in [9.17, 15) is 34.8 Å². The molecule has 0 bridgehead atoms. The fraction of sp³-hybridized carbons (Fsp3) is 0.316. The molecule has 3 aliphatic carbocycles. The van der Waals surface area contributed by atoms with E-state index in [4.69, 9.17) is 11.5 Å². The number of ketones is 2. The number of carbonyl (C=O) groups is 3. The Labute approximate surface area is 158 Å². The fourth-order valence-electron chi connectivity index (χ4n) is 4.61. The van der Waals surface area contributed by atoms with Crippen molar-refractivity contribution in [2.45, 2.75) is 24.9 Å². The number of rotatable bonds is 1. The number of phenolic OH excluding ortho intramolecular Hbond substituents is 1. The summed E-state index contributed by atoms with van der Waals surface area (Å²) < 4.78 is 0. The maximum atomic E-state index is 13.2. The van der Waals surface area contributed by atoms with Crippen LogP contribution in [0.15, 0.2) is 29.0 Å². The molecule has 1 saturated carbocycles. The van der Waals surface area contributed by atoms with E-state index in [0.717, 1.165) is 0 Å². The molecule has 0 radical (unpaired) electrons. The van der Waals surface area contributed by atoms with Gasteiger partial charge in [0, 0.05) is 17.9 Å². The van der Waals surface area contributed by atoms with Gasteiger partial charge in [0.25, 0.3) is 5.91 Å². The van der Waals surface area contributed by atoms with Gasteiger partial charge in [0.1, 0.15) is 22.8 Å². The number of carbonyl (C=O) groups excluding carboxylic acids is 3. The van der Waals surface area contributed by atoms with Crippen molar-refractivity contribution in [1.82, 2.24) is 0 Å². The van der Waals surface area contributed by atoms with Crippen molar-refractivity contribution < 1.29 is 34.8 Å². The van der Waals surface area contributed by atoms with Gasteiger partial charge in [0.2, 0.25) is 5.78 Å². The average Bonchev–Trinajstić information content (AvgIpc) is 2.61. The highest BCUT2D eigenvalue weighted by Crippen LogP contribution is 2.52. The maximum absolute atomic E-state index is 13.2. The van der Waals surface area contributed by atoms with Crippen LogP contribution >= 0.6 is 0 Å². The highest BCUT2D eigenvalue weighted by molar-refractivity contribution is 6.22. The number of nitrogen functional groups attached to an aromatic ring is 1. The first kappa shape index (κ1) is 18.1. The molecule has 9 heteroatoms. The number of amides is 1. The third kappa shape index (κ3) is 2.07. The molecule has 0 heterocycles. The fourth-order valence-corrected chi connectivity index (χ4v) is 4.61. The lowest BCUT2D eigenvalue weighted by atomic mass is 9.59. The molecular weight excluding hydrogens is 368 g/mol. The number of hydrogen-bond acceptors (Lipinski definition) is 8.